The number of nitrogen functional groups attached to an aromatic ring is 1. The Bertz CT molecular complexity index is 788. The molecule has 0 bridgehead atoms. The first-order valence-electron chi connectivity index (χ1n) is 6.91. The van der Waals surface area contributed by atoms with Crippen LogP contribution in [0.5, 0.6) is 0 Å². The van der Waals surface area contributed by atoms with Crippen molar-refractivity contribution in [3.63, 3.8) is 0 Å². The maximum Gasteiger partial charge on any atom is 0.161 e. The van der Waals surface area contributed by atoms with Gasteiger partial charge in [0.2, 0.25) is 0 Å². The van der Waals surface area contributed by atoms with Crippen LogP contribution in [0.2, 0.25) is 0 Å². The fourth-order valence-electron chi connectivity index (χ4n) is 2.55. The van der Waals surface area contributed by atoms with Crippen LogP contribution in [0.3, 0.4) is 0 Å². The van der Waals surface area contributed by atoms with Crippen molar-refractivity contribution in [3.05, 3.63) is 41.9 Å². The number of aryl methyl sites for hydroxylation is 1. The summed E-state index contributed by atoms with van der Waals surface area (Å²) in [5.41, 5.74) is 10.6. The number of aromatic nitrogens is 4. The molecule has 0 aliphatic rings. The second kappa shape index (κ2) is 5.09. The third kappa shape index (κ3) is 2.42. The molecule has 5 heteroatoms. The molecule has 0 unspecified atom stereocenters. The predicted octanol–water partition coefficient (Wildman–Crippen LogP) is 3.10. The van der Waals surface area contributed by atoms with E-state index in [0.717, 1.165) is 27.9 Å². The van der Waals surface area contributed by atoms with Gasteiger partial charge in [-0.1, -0.05) is 13.8 Å². The van der Waals surface area contributed by atoms with E-state index in [1.165, 1.54) is 0 Å². The lowest BCUT2D eigenvalue weighted by Gasteiger charge is -2.13. The summed E-state index contributed by atoms with van der Waals surface area (Å²) in [4.78, 5) is 17.6. The highest BCUT2D eigenvalue weighted by atomic mass is 15.0. The van der Waals surface area contributed by atoms with Gasteiger partial charge in [0.05, 0.1) is 11.0 Å². The maximum atomic E-state index is 6.09. The molecule has 0 atom stereocenters. The molecule has 3 rings (SSSR count). The molecule has 0 saturated heterocycles. The molecular formula is C16H17N5. The molecule has 2 N–H and O–H groups in total. The van der Waals surface area contributed by atoms with Crippen molar-refractivity contribution >= 4 is 16.9 Å². The third-order valence-electron chi connectivity index (χ3n) is 3.47. The summed E-state index contributed by atoms with van der Waals surface area (Å²) in [5, 5.41) is 0. The number of nitrogens with two attached hydrogens (primary N) is 1. The summed E-state index contributed by atoms with van der Waals surface area (Å²) in [5.74, 6) is 1.48. The first-order chi connectivity index (χ1) is 10.1. The standard InChI is InChI=1S/C16H17N5/c1-9(2)14-10(3)20-16(21-15(14)17)11-4-5-12-13(8-11)19-7-6-18-12/h4-9H,1-3H3,(H2,17,20,21). The zero-order valence-electron chi connectivity index (χ0n) is 12.3. The maximum absolute atomic E-state index is 6.09. The zero-order chi connectivity index (χ0) is 15.0. The van der Waals surface area contributed by atoms with Gasteiger partial charge in [0.1, 0.15) is 5.82 Å². The van der Waals surface area contributed by atoms with Crippen molar-refractivity contribution in [2.24, 2.45) is 0 Å². The van der Waals surface area contributed by atoms with Crippen molar-refractivity contribution in [2.45, 2.75) is 26.7 Å². The number of fused-ring (bicyclic) bond motifs is 1. The molecule has 0 amide bonds. The number of hydrogen-bond donors (Lipinski definition) is 1. The second-order valence-electron chi connectivity index (χ2n) is 5.35. The largest absolute Gasteiger partial charge is 0.383 e. The number of rotatable bonds is 2. The monoisotopic (exact) mass is 279 g/mol. The van der Waals surface area contributed by atoms with E-state index < -0.39 is 0 Å². The molecule has 0 spiro atoms. The summed E-state index contributed by atoms with van der Waals surface area (Å²) in [6.45, 7) is 6.15. The molecule has 0 fully saturated rings. The van der Waals surface area contributed by atoms with E-state index in [-0.39, 0.29) is 0 Å². The highest BCUT2D eigenvalue weighted by Crippen LogP contribution is 2.27. The molecule has 0 aliphatic heterocycles. The van der Waals surface area contributed by atoms with Crippen molar-refractivity contribution in [1.82, 2.24) is 19.9 Å². The Morgan fingerprint density at radius 3 is 2.38 bits per heavy atom. The van der Waals surface area contributed by atoms with Gasteiger partial charge in [-0.3, -0.25) is 9.97 Å². The van der Waals surface area contributed by atoms with Crippen LogP contribution in [-0.4, -0.2) is 19.9 Å². The normalized spacial score (nSPS) is 11.2. The number of nitrogens with zero attached hydrogens (tertiary/aromatic N) is 4. The lowest BCUT2D eigenvalue weighted by atomic mass is 10.0. The first-order valence-corrected chi connectivity index (χ1v) is 6.91. The number of hydrogen-bond acceptors (Lipinski definition) is 5. The van der Waals surface area contributed by atoms with Gasteiger partial charge in [-0.05, 0) is 31.0 Å². The summed E-state index contributed by atoms with van der Waals surface area (Å²) in [7, 11) is 0. The average molecular weight is 279 g/mol. The Kier molecular flexibility index (Phi) is 3.25. The molecule has 1 aromatic carbocycles. The second-order valence-corrected chi connectivity index (χ2v) is 5.35. The van der Waals surface area contributed by atoms with Crippen LogP contribution >= 0.6 is 0 Å². The van der Waals surface area contributed by atoms with Gasteiger partial charge in [0, 0.05) is 29.2 Å². The molecule has 0 aliphatic carbocycles. The molecule has 0 radical (unpaired) electrons. The highest BCUT2D eigenvalue weighted by Gasteiger charge is 2.13. The van der Waals surface area contributed by atoms with Gasteiger partial charge >= 0.3 is 0 Å². The Balaban J connectivity index is 2.14. The Hall–Kier alpha value is -2.56. The van der Waals surface area contributed by atoms with Crippen LogP contribution in [0, 0.1) is 6.92 Å². The smallest absolute Gasteiger partial charge is 0.161 e. The lowest BCUT2D eigenvalue weighted by molar-refractivity contribution is 0.836. The molecule has 5 nitrogen and oxygen atoms in total. The fraction of sp³-hybridized carbons (Fsp3) is 0.250. The summed E-state index contributed by atoms with van der Waals surface area (Å²) in [6.07, 6.45) is 3.35. The minimum atomic E-state index is 0.307. The molecule has 2 aromatic heterocycles. The first kappa shape index (κ1) is 13.4. The summed E-state index contributed by atoms with van der Waals surface area (Å²) >= 11 is 0. The van der Waals surface area contributed by atoms with Gasteiger partial charge in [-0.15, -0.1) is 0 Å². The van der Waals surface area contributed by atoms with Gasteiger partial charge < -0.3 is 5.73 Å². The molecule has 2 heterocycles. The van der Waals surface area contributed by atoms with Gasteiger partial charge in [0.15, 0.2) is 5.82 Å². The Morgan fingerprint density at radius 1 is 1.00 bits per heavy atom. The minimum absolute atomic E-state index is 0.307. The van der Waals surface area contributed by atoms with Crippen LogP contribution in [0.4, 0.5) is 5.82 Å². The van der Waals surface area contributed by atoms with Gasteiger partial charge in [-0.25, -0.2) is 9.97 Å². The fourth-order valence-corrected chi connectivity index (χ4v) is 2.55. The molecule has 0 saturated carbocycles. The van der Waals surface area contributed by atoms with Crippen molar-refractivity contribution < 1.29 is 0 Å². The van der Waals surface area contributed by atoms with E-state index in [2.05, 4.69) is 33.8 Å². The van der Waals surface area contributed by atoms with Crippen molar-refractivity contribution in [2.75, 3.05) is 5.73 Å². The summed E-state index contributed by atoms with van der Waals surface area (Å²) in [6, 6.07) is 5.80. The molecule has 3 aromatic rings. The van der Waals surface area contributed by atoms with Crippen molar-refractivity contribution in [3.8, 4) is 11.4 Å². The Labute approximate surface area is 123 Å². The molecule has 21 heavy (non-hydrogen) atoms. The van der Waals surface area contributed by atoms with Crippen LogP contribution in [-0.2, 0) is 0 Å². The van der Waals surface area contributed by atoms with Gasteiger partial charge in [0.25, 0.3) is 0 Å². The topological polar surface area (TPSA) is 77.6 Å². The van der Waals surface area contributed by atoms with Crippen molar-refractivity contribution in [1.29, 1.82) is 0 Å². The van der Waals surface area contributed by atoms with Crippen LogP contribution in [0.1, 0.15) is 31.0 Å². The van der Waals surface area contributed by atoms with Crippen LogP contribution in [0.25, 0.3) is 22.4 Å². The third-order valence-corrected chi connectivity index (χ3v) is 3.47. The van der Waals surface area contributed by atoms with E-state index in [4.69, 9.17) is 5.73 Å². The highest BCUT2D eigenvalue weighted by molar-refractivity contribution is 5.79. The number of benzene rings is 1. The van der Waals surface area contributed by atoms with Crippen LogP contribution < -0.4 is 5.73 Å². The zero-order valence-corrected chi connectivity index (χ0v) is 12.3. The van der Waals surface area contributed by atoms with E-state index in [1.54, 1.807) is 12.4 Å². The van der Waals surface area contributed by atoms with E-state index in [9.17, 15) is 0 Å². The average Bonchev–Trinajstić information content (AvgIpc) is 2.45. The number of anilines is 1. The quantitative estimate of drug-likeness (QED) is 0.780. The lowest BCUT2D eigenvalue weighted by Crippen LogP contribution is -2.06. The van der Waals surface area contributed by atoms with E-state index in [1.807, 2.05) is 25.1 Å². The van der Waals surface area contributed by atoms with Gasteiger partial charge in [-0.2, -0.15) is 0 Å². The SMILES string of the molecule is Cc1nc(-c2ccc3nccnc3c2)nc(N)c1C(C)C. The minimum Gasteiger partial charge on any atom is -0.383 e. The van der Waals surface area contributed by atoms with E-state index in [0.29, 0.717) is 17.6 Å². The summed E-state index contributed by atoms with van der Waals surface area (Å²) < 4.78 is 0. The van der Waals surface area contributed by atoms with E-state index >= 15 is 0 Å². The molecule has 106 valence electrons. The predicted molar refractivity (Wildman–Crippen MR) is 83.8 cm³/mol. The van der Waals surface area contributed by atoms with Crippen LogP contribution in [0.15, 0.2) is 30.6 Å². The molecular weight excluding hydrogens is 262 g/mol. The Morgan fingerprint density at radius 2 is 1.71 bits per heavy atom.